The fraction of sp³-hybridized carbons (Fsp3) is 0.895. The molecule has 0 aromatic rings. The Morgan fingerprint density at radius 3 is 1.62 bits per heavy atom. The highest BCUT2D eigenvalue weighted by Crippen LogP contribution is 2.12. The molecule has 0 aliphatic rings. The van der Waals surface area contributed by atoms with E-state index in [1.165, 1.54) is 76.4 Å². The van der Waals surface area contributed by atoms with Gasteiger partial charge >= 0.3 is 6.98 Å². The number of hydrogen-bond acceptors (Lipinski definition) is 1. The van der Waals surface area contributed by atoms with Crippen molar-refractivity contribution in [2.45, 2.75) is 96.8 Å². The third kappa shape index (κ3) is 21.4. The second kappa shape index (κ2) is 17.2. The summed E-state index contributed by atoms with van der Waals surface area (Å²) < 4.78 is 40.9. The molecule has 0 amide bonds. The molecule has 24 heavy (non-hydrogen) atoms. The monoisotopic (exact) mass is 347 g/mol. The van der Waals surface area contributed by atoms with Gasteiger partial charge in [-0.15, -0.1) is 5.92 Å². The molecule has 0 atom stereocenters. The van der Waals surface area contributed by atoms with Crippen molar-refractivity contribution in [2.75, 3.05) is 13.2 Å². The van der Waals surface area contributed by atoms with Crippen LogP contribution in [0.15, 0.2) is 0 Å². The molecule has 0 aromatic carbocycles. The van der Waals surface area contributed by atoms with Crippen LogP contribution in [-0.4, -0.2) is 20.2 Å². The number of ether oxygens (including phenoxy) is 1. The van der Waals surface area contributed by atoms with Gasteiger partial charge in [-0.05, 0) is 12.8 Å². The summed E-state index contributed by atoms with van der Waals surface area (Å²) in [6.45, 7) is -1.48. The van der Waals surface area contributed by atoms with Crippen molar-refractivity contribution in [3.8, 4) is 11.7 Å². The van der Waals surface area contributed by atoms with Crippen LogP contribution in [0.2, 0.25) is 0 Å². The molecule has 0 aromatic heterocycles. The minimum absolute atomic E-state index is 0.264. The number of hydrogen-bond donors (Lipinski definition) is 0. The molecular weight excluding hydrogens is 312 g/mol. The SMILES string of the molecule is CCCCCCCCCCCCCCOCCCC#C[B-](F)(F)F. The summed E-state index contributed by atoms with van der Waals surface area (Å²) in [6, 6.07) is 0. The lowest BCUT2D eigenvalue weighted by Crippen LogP contribution is -2.10. The molecule has 0 aliphatic carbocycles. The van der Waals surface area contributed by atoms with E-state index in [4.69, 9.17) is 4.74 Å². The quantitative estimate of drug-likeness (QED) is 0.168. The van der Waals surface area contributed by atoms with Crippen molar-refractivity contribution >= 4 is 6.98 Å². The summed E-state index contributed by atoms with van der Waals surface area (Å²) in [4.78, 5) is 0. The first-order valence-electron chi connectivity index (χ1n) is 9.83. The average Bonchev–Trinajstić information content (AvgIpc) is 2.52. The molecule has 0 radical (unpaired) electrons. The summed E-state index contributed by atoms with van der Waals surface area (Å²) in [7, 11) is 0. The molecular formula is C19H35BF3O-. The molecule has 0 spiro atoms. The topological polar surface area (TPSA) is 9.23 Å². The highest BCUT2D eigenvalue weighted by atomic mass is 19.4. The minimum atomic E-state index is -4.95. The average molecular weight is 347 g/mol. The third-order valence-electron chi connectivity index (χ3n) is 4.00. The molecule has 0 heterocycles. The van der Waals surface area contributed by atoms with Gasteiger partial charge in [0, 0.05) is 19.6 Å². The standard InChI is InChI=1S/C19H35BF3O/c1-2-3-4-5-6-7-8-9-10-11-12-15-18-24-19-16-13-14-17-20(21,22)23/h2-13,15-16,18-19H2,1H3/q-1. The van der Waals surface area contributed by atoms with Gasteiger partial charge in [0.25, 0.3) is 0 Å². The highest BCUT2D eigenvalue weighted by molar-refractivity contribution is 6.67. The van der Waals surface area contributed by atoms with Crippen LogP contribution < -0.4 is 0 Å². The predicted octanol–water partition coefficient (Wildman–Crippen LogP) is 6.87. The molecule has 1 nitrogen and oxygen atoms in total. The zero-order chi connectivity index (χ0) is 17.9. The Labute approximate surface area is 147 Å². The van der Waals surface area contributed by atoms with Crippen LogP contribution in [0.3, 0.4) is 0 Å². The van der Waals surface area contributed by atoms with Crippen LogP contribution in [-0.2, 0) is 4.74 Å². The van der Waals surface area contributed by atoms with E-state index in [2.05, 4.69) is 12.8 Å². The number of halogens is 3. The Bertz CT molecular complexity index is 321. The van der Waals surface area contributed by atoms with Crippen molar-refractivity contribution < 1.29 is 17.7 Å². The Kier molecular flexibility index (Phi) is 16.8. The Balaban J connectivity index is 3.09. The first-order valence-corrected chi connectivity index (χ1v) is 9.83. The Hall–Kier alpha value is -0.625. The van der Waals surface area contributed by atoms with Crippen LogP contribution in [0.4, 0.5) is 12.9 Å². The molecule has 0 N–H and O–H groups in total. The van der Waals surface area contributed by atoms with E-state index >= 15 is 0 Å². The molecule has 0 rings (SSSR count). The summed E-state index contributed by atoms with van der Waals surface area (Å²) in [5.74, 6) is 3.48. The fourth-order valence-corrected chi connectivity index (χ4v) is 2.60. The normalized spacial score (nSPS) is 11.3. The van der Waals surface area contributed by atoms with E-state index in [0.29, 0.717) is 19.6 Å². The minimum Gasteiger partial charge on any atom is -0.438 e. The maximum absolute atomic E-state index is 11.8. The fourth-order valence-electron chi connectivity index (χ4n) is 2.60. The maximum Gasteiger partial charge on any atom is 0.557 e. The van der Waals surface area contributed by atoms with Gasteiger partial charge in [0.05, 0.1) is 0 Å². The van der Waals surface area contributed by atoms with Gasteiger partial charge < -0.3 is 17.7 Å². The Morgan fingerprint density at radius 1 is 0.667 bits per heavy atom. The number of unbranched alkanes of at least 4 members (excludes halogenated alkanes) is 12. The summed E-state index contributed by atoms with van der Waals surface area (Å²) in [5.41, 5.74) is 0. The van der Waals surface area contributed by atoms with E-state index in [-0.39, 0.29) is 6.42 Å². The van der Waals surface area contributed by atoms with Crippen LogP contribution in [0.5, 0.6) is 0 Å². The van der Waals surface area contributed by atoms with Crippen LogP contribution in [0.1, 0.15) is 96.8 Å². The summed E-state index contributed by atoms with van der Waals surface area (Å²) in [6.07, 6.45) is 16.6. The van der Waals surface area contributed by atoms with E-state index in [1.807, 2.05) is 0 Å². The van der Waals surface area contributed by atoms with Crippen molar-refractivity contribution in [3.63, 3.8) is 0 Å². The third-order valence-corrected chi connectivity index (χ3v) is 4.00. The molecule has 0 bridgehead atoms. The predicted molar refractivity (Wildman–Crippen MR) is 98.0 cm³/mol. The van der Waals surface area contributed by atoms with Gasteiger partial charge in [0.15, 0.2) is 0 Å². The first kappa shape index (κ1) is 23.4. The van der Waals surface area contributed by atoms with Gasteiger partial charge in [-0.1, -0.05) is 77.6 Å². The zero-order valence-electron chi connectivity index (χ0n) is 15.4. The lowest BCUT2D eigenvalue weighted by atomic mass is 9.94. The van der Waals surface area contributed by atoms with Crippen molar-refractivity contribution in [1.29, 1.82) is 0 Å². The summed E-state index contributed by atoms with van der Waals surface area (Å²) in [5, 5.41) is 0. The molecule has 5 heteroatoms. The maximum atomic E-state index is 11.8. The number of rotatable bonds is 16. The van der Waals surface area contributed by atoms with Crippen LogP contribution in [0.25, 0.3) is 0 Å². The first-order chi connectivity index (χ1) is 11.6. The van der Waals surface area contributed by atoms with Gasteiger partial charge in [-0.25, -0.2) is 5.82 Å². The second-order valence-electron chi connectivity index (χ2n) is 6.50. The van der Waals surface area contributed by atoms with Crippen LogP contribution in [0, 0.1) is 11.7 Å². The molecule has 0 fully saturated rings. The highest BCUT2D eigenvalue weighted by Gasteiger charge is 2.17. The second-order valence-corrected chi connectivity index (χ2v) is 6.50. The van der Waals surface area contributed by atoms with E-state index in [1.54, 1.807) is 0 Å². The van der Waals surface area contributed by atoms with Gasteiger partial charge in [-0.3, -0.25) is 0 Å². The van der Waals surface area contributed by atoms with E-state index < -0.39 is 6.98 Å². The summed E-state index contributed by atoms with van der Waals surface area (Å²) >= 11 is 0. The molecule has 0 saturated heterocycles. The zero-order valence-corrected chi connectivity index (χ0v) is 15.4. The lowest BCUT2D eigenvalue weighted by molar-refractivity contribution is 0.128. The van der Waals surface area contributed by atoms with Crippen molar-refractivity contribution in [3.05, 3.63) is 0 Å². The Morgan fingerprint density at radius 2 is 1.12 bits per heavy atom. The van der Waals surface area contributed by atoms with Gasteiger partial charge in [0.1, 0.15) is 0 Å². The van der Waals surface area contributed by atoms with E-state index in [0.717, 1.165) is 6.42 Å². The van der Waals surface area contributed by atoms with Crippen LogP contribution >= 0.6 is 0 Å². The largest absolute Gasteiger partial charge is 0.557 e. The van der Waals surface area contributed by atoms with Gasteiger partial charge in [0.2, 0.25) is 0 Å². The smallest absolute Gasteiger partial charge is 0.438 e. The van der Waals surface area contributed by atoms with Crippen molar-refractivity contribution in [2.24, 2.45) is 0 Å². The van der Waals surface area contributed by atoms with Crippen molar-refractivity contribution in [1.82, 2.24) is 0 Å². The molecule has 0 saturated carbocycles. The molecule has 0 aliphatic heterocycles. The lowest BCUT2D eigenvalue weighted by Gasteiger charge is -2.04. The molecule has 0 unspecified atom stereocenters. The van der Waals surface area contributed by atoms with E-state index in [9.17, 15) is 12.9 Å². The van der Waals surface area contributed by atoms with Gasteiger partial charge in [-0.2, -0.15) is 0 Å². The molecule has 142 valence electrons.